The number of hydrogen-bond donors (Lipinski definition) is 0. The smallest absolute Gasteiger partial charge is 0.295 e. The minimum absolute atomic E-state index is 0.0607. The number of halogens is 3. The molecule has 0 aliphatic carbocycles. The van der Waals surface area contributed by atoms with Gasteiger partial charge in [0.05, 0.1) is 12.5 Å². The van der Waals surface area contributed by atoms with Crippen molar-refractivity contribution in [2.24, 2.45) is 5.92 Å². The maximum absolute atomic E-state index is 12.7. The predicted molar refractivity (Wildman–Crippen MR) is 77.8 cm³/mol. The molecule has 1 fully saturated rings. The number of thioether (sulfide) groups is 1. The van der Waals surface area contributed by atoms with Gasteiger partial charge >= 0.3 is 6.18 Å². The van der Waals surface area contributed by atoms with Gasteiger partial charge in [0.2, 0.25) is 0 Å². The van der Waals surface area contributed by atoms with Crippen molar-refractivity contribution in [3.05, 3.63) is 29.8 Å². The van der Waals surface area contributed by atoms with Crippen LogP contribution in [-0.2, 0) is 0 Å². The average molecular weight is 317 g/mol. The SMILES string of the molecule is CSc1ccc(C(=O)CN2CCCC(C(F)(F)F)C2)cc1. The summed E-state index contributed by atoms with van der Waals surface area (Å²) in [4.78, 5) is 14.8. The fraction of sp³-hybridized carbons (Fsp3) is 0.533. The van der Waals surface area contributed by atoms with Crippen molar-refractivity contribution < 1.29 is 18.0 Å². The molecule has 2 nitrogen and oxygen atoms in total. The van der Waals surface area contributed by atoms with Gasteiger partial charge in [0.15, 0.2) is 5.78 Å². The molecule has 116 valence electrons. The topological polar surface area (TPSA) is 20.3 Å². The average Bonchev–Trinajstić information content (AvgIpc) is 2.47. The molecule has 1 aliphatic heterocycles. The Hall–Kier alpha value is -1.01. The van der Waals surface area contributed by atoms with Crippen molar-refractivity contribution in [1.29, 1.82) is 0 Å². The number of ketones is 1. The third kappa shape index (κ3) is 4.48. The van der Waals surface area contributed by atoms with Crippen molar-refractivity contribution in [3.8, 4) is 0 Å². The number of likely N-dealkylation sites (tertiary alicyclic amines) is 1. The van der Waals surface area contributed by atoms with E-state index in [0.29, 0.717) is 18.5 Å². The highest BCUT2D eigenvalue weighted by atomic mass is 32.2. The van der Waals surface area contributed by atoms with E-state index in [1.165, 1.54) is 0 Å². The van der Waals surface area contributed by atoms with Gasteiger partial charge in [-0.05, 0) is 37.8 Å². The summed E-state index contributed by atoms with van der Waals surface area (Å²) in [6, 6.07) is 7.18. The molecule has 0 radical (unpaired) electrons. The second-order valence-corrected chi connectivity index (χ2v) is 6.15. The number of carbonyl (C=O) groups excluding carboxylic acids is 1. The minimum atomic E-state index is -4.16. The molecule has 1 atom stereocenters. The van der Waals surface area contributed by atoms with Gasteiger partial charge in [0.1, 0.15) is 0 Å². The van der Waals surface area contributed by atoms with E-state index in [1.54, 1.807) is 28.8 Å². The molecule has 0 bridgehead atoms. The molecule has 1 heterocycles. The van der Waals surface area contributed by atoms with Crippen molar-refractivity contribution in [3.63, 3.8) is 0 Å². The van der Waals surface area contributed by atoms with Gasteiger partial charge in [-0.1, -0.05) is 12.1 Å². The van der Waals surface area contributed by atoms with Crippen molar-refractivity contribution in [2.75, 3.05) is 25.9 Å². The van der Waals surface area contributed by atoms with Crippen LogP contribution in [0.25, 0.3) is 0 Å². The van der Waals surface area contributed by atoms with E-state index in [4.69, 9.17) is 0 Å². The standard InChI is InChI=1S/C15H18F3NOS/c1-21-13-6-4-11(5-7-13)14(20)10-19-8-2-3-12(9-19)15(16,17)18/h4-7,12H,2-3,8-10H2,1H3. The summed E-state index contributed by atoms with van der Waals surface area (Å²) in [7, 11) is 0. The van der Waals surface area contributed by atoms with E-state index in [-0.39, 0.29) is 25.3 Å². The van der Waals surface area contributed by atoms with Crippen molar-refractivity contribution >= 4 is 17.5 Å². The largest absolute Gasteiger partial charge is 0.393 e. The molecule has 0 spiro atoms. The highest BCUT2D eigenvalue weighted by Crippen LogP contribution is 2.33. The first-order chi connectivity index (χ1) is 9.90. The Morgan fingerprint density at radius 1 is 1.33 bits per heavy atom. The predicted octanol–water partition coefficient (Wildman–Crippen LogP) is 3.87. The Morgan fingerprint density at radius 3 is 2.57 bits per heavy atom. The van der Waals surface area contributed by atoms with E-state index < -0.39 is 12.1 Å². The molecule has 1 aromatic carbocycles. The first-order valence-corrected chi connectivity index (χ1v) is 8.09. The molecule has 0 N–H and O–H groups in total. The molecular weight excluding hydrogens is 299 g/mol. The summed E-state index contributed by atoms with van der Waals surface area (Å²) in [6.45, 7) is 0.546. The zero-order chi connectivity index (χ0) is 15.5. The van der Waals surface area contributed by atoms with Gasteiger partial charge in [0.25, 0.3) is 0 Å². The Labute approximate surface area is 126 Å². The molecule has 1 saturated heterocycles. The number of rotatable bonds is 4. The normalized spacial score (nSPS) is 20.5. The quantitative estimate of drug-likeness (QED) is 0.621. The first-order valence-electron chi connectivity index (χ1n) is 6.86. The number of Topliss-reactive ketones (excluding diaryl/α,β-unsaturated/α-hetero) is 1. The van der Waals surface area contributed by atoms with E-state index in [2.05, 4.69) is 0 Å². The van der Waals surface area contributed by atoms with Crippen LogP contribution in [0.5, 0.6) is 0 Å². The summed E-state index contributed by atoms with van der Waals surface area (Å²) in [6.07, 6.45) is -1.57. The summed E-state index contributed by atoms with van der Waals surface area (Å²) < 4.78 is 38.2. The number of carbonyl (C=O) groups is 1. The van der Waals surface area contributed by atoms with Gasteiger partial charge in [-0.3, -0.25) is 9.69 Å². The van der Waals surface area contributed by atoms with Gasteiger partial charge in [-0.15, -0.1) is 11.8 Å². The minimum Gasteiger partial charge on any atom is -0.295 e. The third-order valence-electron chi connectivity index (χ3n) is 3.75. The van der Waals surface area contributed by atoms with Crippen LogP contribution in [0, 0.1) is 5.92 Å². The number of piperidine rings is 1. The fourth-order valence-electron chi connectivity index (χ4n) is 2.54. The molecule has 1 unspecified atom stereocenters. The van der Waals surface area contributed by atoms with E-state index in [9.17, 15) is 18.0 Å². The number of nitrogens with zero attached hydrogens (tertiary/aromatic N) is 1. The molecule has 0 amide bonds. The first kappa shape index (κ1) is 16.4. The Kier molecular flexibility index (Phi) is 5.32. The summed E-state index contributed by atoms with van der Waals surface area (Å²) >= 11 is 1.58. The summed E-state index contributed by atoms with van der Waals surface area (Å²) in [5.74, 6) is -1.43. The van der Waals surface area contributed by atoms with Crippen LogP contribution in [0.15, 0.2) is 29.2 Å². The zero-order valence-electron chi connectivity index (χ0n) is 11.8. The lowest BCUT2D eigenvalue weighted by molar-refractivity contribution is -0.186. The monoisotopic (exact) mass is 317 g/mol. The van der Waals surface area contributed by atoms with E-state index >= 15 is 0 Å². The van der Waals surface area contributed by atoms with Gasteiger partial charge in [0, 0.05) is 17.0 Å². The summed E-state index contributed by atoms with van der Waals surface area (Å²) in [5.41, 5.74) is 0.557. The Bertz CT molecular complexity index is 487. The van der Waals surface area contributed by atoms with Crippen LogP contribution in [-0.4, -0.2) is 42.7 Å². The van der Waals surface area contributed by atoms with Crippen molar-refractivity contribution in [2.45, 2.75) is 23.9 Å². The molecule has 0 saturated carbocycles. The lowest BCUT2D eigenvalue weighted by Crippen LogP contribution is -2.43. The lowest BCUT2D eigenvalue weighted by Gasteiger charge is -2.33. The van der Waals surface area contributed by atoms with Crippen LogP contribution in [0.2, 0.25) is 0 Å². The number of alkyl halides is 3. The van der Waals surface area contributed by atoms with Crippen LogP contribution in [0.3, 0.4) is 0 Å². The maximum Gasteiger partial charge on any atom is 0.393 e. The number of benzene rings is 1. The van der Waals surface area contributed by atoms with Crippen LogP contribution in [0.1, 0.15) is 23.2 Å². The molecule has 6 heteroatoms. The van der Waals surface area contributed by atoms with Crippen LogP contribution < -0.4 is 0 Å². The molecular formula is C15H18F3NOS. The molecule has 1 aliphatic rings. The Balaban J connectivity index is 1.95. The van der Waals surface area contributed by atoms with Gasteiger partial charge in [-0.2, -0.15) is 13.2 Å². The maximum atomic E-state index is 12.7. The molecule has 1 aromatic rings. The highest BCUT2D eigenvalue weighted by Gasteiger charge is 2.41. The van der Waals surface area contributed by atoms with Crippen LogP contribution in [0.4, 0.5) is 13.2 Å². The molecule has 0 aromatic heterocycles. The second-order valence-electron chi connectivity index (χ2n) is 5.27. The lowest BCUT2D eigenvalue weighted by atomic mass is 9.97. The van der Waals surface area contributed by atoms with Crippen molar-refractivity contribution in [1.82, 2.24) is 4.90 Å². The summed E-state index contributed by atoms with van der Waals surface area (Å²) in [5, 5.41) is 0. The molecule has 2 rings (SSSR count). The van der Waals surface area contributed by atoms with Gasteiger partial charge < -0.3 is 0 Å². The zero-order valence-corrected chi connectivity index (χ0v) is 12.6. The number of hydrogen-bond acceptors (Lipinski definition) is 3. The van der Waals surface area contributed by atoms with E-state index in [1.807, 2.05) is 18.4 Å². The fourth-order valence-corrected chi connectivity index (χ4v) is 2.95. The third-order valence-corrected chi connectivity index (χ3v) is 4.49. The van der Waals surface area contributed by atoms with Gasteiger partial charge in [-0.25, -0.2) is 0 Å². The van der Waals surface area contributed by atoms with E-state index in [0.717, 1.165) is 4.90 Å². The van der Waals surface area contributed by atoms with Crippen LogP contribution >= 0.6 is 11.8 Å². The Morgan fingerprint density at radius 2 is 2.00 bits per heavy atom. The molecule has 21 heavy (non-hydrogen) atoms. The highest BCUT2D eigenvalue weighted by molar-refractivity contribution is 7.98. The second kappa shape index (κ2) is 6.83.